The molecule has 1 atom stereocenters. The van der Waals surface area contributed by atoms with E-state index < -0.39 is 0 Å². The second kappa shape index (κ2) is 6.78. The van der Waals surface area contributed by atoms with E-state index in [1.807, 2.05) is 0 Å². The molecule has 0 saturated carbocycles. The first kappa shape index (κ1) is 15.3. The molecule has 1 aromatic carbocycles. The molecule has 0 aliphatic heterocycles. The van der Waals surface area contributed by atoms with Crippen LogP contribution in [0, 0.1) is 0 Å². The third-order valence-corrected chi connectivity index (χ3v) is 2.96. The third-order valence-electron chi connectivity index (χ3n) is 2.96. The predicted molar refractivity (Wildman–Crippen MR) is 75.5 cm³/mol. The lowest BCUT2D eigenvalue weighted by atomic mass is 9.85. The molecular formula is C15H25B. The Morgan fingerprint density at radius 2 is 1.50 bits per heavy atom. The zero-order valence-electron chi connectivity index (χ0n) is 11.7. The molecule has 0 fully saturated rings. The summed E-state index contributed by atoms with van der Waals surface area (Å²) in [5, 5.41) is 0. The highest BCUT2D eigenvalue weighted by Gasteiger charge is 2.13. The highest BCUT2D eigenvalue weighted by Crippen LogP contribution is 2.25. The second-order valence-electron chi connectivity index (χ2n) is 5.18. The zero-order chi connectivity index (χ0) is 12.8. The van der Waals surface area contributed by atoms with Crippen LogP contribution in [0.4, 0.5) is 0 Å². The maximum atomic E-state index is 4.50. The van der Waals surface area contributed by atoms with Crippen LogP contribution >= 0.6 is 0 Å². The van der Waals surface area contributed by atoms with Gasteiger partial charge in [-0.15, -0.1) is 0 Å². The number of hydrogen-bond acceptors (Lipinski definition) is 0. The van der Waals surface area contributed by atoms with Gasteiger partial charge in [0.25, 0.3) is 0 Å². The topological polar surface area (TPSA) is 0 Å². The van der Waals surface area contributed by atoms with Crippen LogP contribution in [0.15, 0.2) is 24.3 Å². The minimum Gasteiger partial charge on any atom is -0.0999 e. The van der Waals surface area contributed by atoms with Gasteiger partial charge in [0.05, 0.1) is 7.85 Å². The fraction of sp³-hybridized carbons (Fsp3) is 0.600. The van der Waals surface area contributed by atoms with Gasteiger partial charge in [-0.1, -0.05) is 65.7 Å². The van der Waals surface area contributed by atoms with Crippen LogP contribution in [0.3, 0.4) is 0 Å². The summed E-state index contributed by atoms with van der Waals surface area (Å²) in [6.45, 7) is 12.8. The van der Waals surface area contributed by atoms with Gasteiger partial charge in [0, 0.05) is 0 Å². The average molecular weight is 216 g/mol. The summed E-state index contributed by atoms with van der Waals surface area (Å²) in [6, 6.07) is 9.08. The van der Waals surface area contributed by atoms with Crippen molar-refractivity contribution in [3.8, 4) is 0 Å². The third kappa shape index (κ3) is 4.43. The lowest BCUT2D eigenvalue weighted by molar-refractivity contribution is 0.589. The molecule has 88 valence electrons. The van der Waals surface area contributed by atoms with Crippen molar-refractivity contribution in [2.75, 3.05) is 0 Å². The molecule has 0 amide bonds. The Morgan fingerprint density at radius 3 is 1.81 bits per heavy atom. The highest BCUT2D eigenvalue weighted by molar-refractivity contribution is 6.05. The summed E-state index contributed by atoms with van der Waals surface area (Å²) >= 11 is 0. The van der Waals surface area contributed by atoms with Crippen LogP contribution in [0.2, 0.25) is 6.82 Å². The highest BCUT2D eigenvalue weighted by atomic mass is 14.2. The molecule has 0 bridgehead atoms. The molecule has 1 unspecified atom stereocenters. The second-order valence-corrected chi connectivity index (χ2v) is 5.18. The van der Waals surface area contributed by atoms with Crippen LogP contribution in [0.25, 0.3) is 0 Å². The van der Waals surface area contributed by atoms with Gasteiger partial charge in [-0.2, -0.15) is 0 Å². The Balaban J connectivity index is 0.00000106. The van der Waals surface area contributed by atoms with Crippen LogP contribution in [0.1, 0.15) is 58.1 Å². The lowest BCUT2D eigenvalue weighted by Crippen LogP contribution is -2.10. The summed E-state index contributed by atoms with van der Waals surface area (Å²) in [5.41, 5.74) is 3.15. The van der Waals surface area contributed by atoms with E-state index >= 15 is 0 Å². The molecule has 0 N–H and O–H groups in total. The van der Waals surface area contributed by atoms with E-state index in [4.69, 9.17) is 0 Å². The van der Waals surface area contributed by atoms with Gasteiger partial charge in [-0.3, -0.25) is 0 Å². The Labute approximate surface area is 103 Å². The van der Waals surface area contributed by atoms with E-state index in [0.29, 0.717) is 5.92 Å². The quantitative estimate of drug-likeness (QED) is 0.628. The van der Waals surface area contributed by atoms with Crippen LogP contribution in [0.5, 0.6) is 0 Å². The standard InChI is InChI=1S/C14H22.CH3B/c1-6-11(2)12-7-9-13(10-8-12)14(3,4)5;1-2/h7-11H,6H2,1-5H3;1H3. The molecular weight excluding hydrogens is 191 g/mol. The molecule has 1 heteroatoms. The molecule has 0 nitrogen and oxygen atoms in total. The SMILES string of the molecule is CCC(C)c1ccc(C(C)(C)C)cc1.[B]C. The number of benzene rings is 1. The molecule has 0 aliphatic carbocycles. The van der Waals surface area contributed by atoms with Crippen molar-refractivity contribution in [1.82, 2.24) is 0 Å². The van der Waals surface area contributed by atoms with Gasteiger partial charge in [-0.25, -0.2) is 0 Å². The average Bonchev–Trinajstić information content (AvgIpc) is 2.30. The van der Waals surface area contributed by atoms with Crippen molar-refractivity contribution in [3.63, 3.8) is 0 Å². The normalized spacial score (nSPS) is 12.6. The molecule has 2 radical (unpaired) electrons. The smallest absolute Gasteiger partial charge is 0.0606 e. The van der Waals surface area contributed by atoms with E-state index in [2.05, 4.69) is 66.7 Å². The summed E-state index contributed by atoms with van der Waals surface area (Å²) in [6.07, 6.45) is 1.22. The number of rotatable bonds is 2. The first-order valence-corrected chi connectivity index (χ1v) is 6.13. The fourth-order valence-electron chi connectivity index (χ4n) is 1.55. The van der Waals surface area contributed by atoms with Gasteiger partial charge in [-0.05, 0) is 28.9 Å². The minimum atomic E-state index is 0.272. The van der Waals surface area contributed by atoms with E-state index in [9.17, 15) is 0 Å². The van der Waals surface area contributed by atoms with Crippen molar-refractivity contribution in [2.45, 2.75) is 59.2 Å². The Morgan fingerprint density at radius 1 is 1.06 bits per heavy atom. The van der Waals surface area contributed by atoms with Crippen molar-refractivity contribution in [1.29, 1.82) is 0 Å². The molecule has 0 spiro atoms. The molecule has 16 heavy (non-hydrogen) atoms. The van der Waals surface area contributed by atoms with Gasteiger partial charge in [0.15, 0.2) is 0 Å². The minimum absolute atomic E-state index is 0.272. The van der Waals surface area contributed by atoms with E-state index in [0.717, 1.165) is 0 Å². The van der Waals surface area contributed by atoms with Crippen LogP contribution in [-0.2, 0) is 5.41 Å². The lowest BCUT2D eigenvalue weighted by Gasteiger charge is -2.20. The summed E-state index contributed by atoms with van der Waals surface area (Å²) in [4.78, 5) is 0. The van der Waals surface area contributed by atoms with E-state index in [1.165, 1.54) is 24.4 Å². The van der Waals surface area contributed by atoms with Crippen molar-refractivity contribution in [3.05, 3.63) is 35.4 Å². The molecule has 0 aliphatic rings. The zero-order valence-corrected chi connectivity index (χ0v) is 11.7. The first-order chi connectivity index (χ1) is 7.45. The van der Waals surface area contributed by atoms with Gasteiger partial charge in [0.2, 0.25) is 0 Å². The van der Waals surface area contributed by atoms with Gasteiger partial charge >= 0.3 is 0 Å². The predicted octanol–water partition coefficient (Wildman–Crippen LogP) is 4.70. The summed E-state index contributed by atoms with van der Waals surface area (Å²) < 4.78 is 0. The van der Waals surface area contributed by atoms with Gasteiger partial charge in [0.1, 0.15) is 0 Å². The summed E-state index contributed by atoms with van der Waals surface area (Å²) in [7, 11) is 4.50. The Hall–Kier alpha value is -0.715. The molecule has 0 heterocycles. The fourth-order valence-corrected chi connectivity index (χ4v) is 1.55. The largest absolute Gasteiger partial charge is 0.0999 e. The maximum absolute atomic E-state index is 4.50. The Bertz CT molecular complexity index is 279. The van der Waals surface area contributed by atoms with Crippen molar-refractivity contribution >= 4 is 7.85 Å². The van der Waals surface area contributed by atoms with Crippen LogP contribution < -0.4 is 0 Å². The van der Waals surface area contributed by atoms with Crippen molar-refractivity contribution in [2.24, 2.45) is 0 Å². The van der Waals surface area contributed by atoms with Crippen LogP contribution in [-0.4, -0.2) is 7.85 Å². The molecule has 0 aromatic heterocycles. The molecule has 1 rings (SSSR count). The molecule has 1 aromatic rings. The number of hydrogen-bond donors (Lipinski definition) is 0. The first-order valence-electron chi connectivity index (χ1n) is 6.13. The maximum Gasteiger partial charge on any atom is 0.0606 e. The molecule has 0 saturated heterocycles. The van der Waals surface area contributed by atoms with E-state index in [-0.39, 0.29) is 5.41 Å². The van der Waals surface area contributed by atoms with Gasteiger partial charge < -0.3 is 0 Å². The Kier molecular flexibility index (Phi) is 6.48. The summed E-state index contributed by atoms with van der Waals surface area (Å²) in [5.74, 6) is 0.684. The van der Waals surface area contributed by atoms with Crippen molar-refractivity contribution < 1.29 is 0 Å². The van der Waals surface area contributed by atoms with E-state index in [1.54, 1.807) is 0 Å². The monoisotopic (exact) mass is 216 g/mol.